The first-order valence-electron chi connectivity index (χ1n) is 17.7. The van der Waals surface area contributed by atoms with Gasteiger partial charge in [0.25, 0.3) is 0 Å². The van der Waals surface area contributed by atoms with Gasteiger partial charge in [0.1, 0.15) is 12.6 Å². The van der Waals surface area contributed by atoms with E-state index in [1.807, 2.05) is 36.5 Å². The van der Waals surface area contributed by atoms with Crippen molar-refractivity contribution in [3.05, 3.63) is 48.6 Å². The van der Waals surface area contributed by atoms with E-state index >= 15 is 0 Å². The molecule has 12 heteroatoms. The molecular weight excluding hydrogens is 637 g/mol. The number of ether oxygens (including phenoxy) is 2. The Kier molecular flexibility index (Phi) is 30.0. The molecule has 0 saturated heterocycles. The van der Waals surface area contributed by atoms with E-state index < -0.39 is 51.1 Å². The van der Waals surface area contributed by atoms with E-state index in [4.69, 9.17) is 24.8 Å². The molecule has 0 aliphatic rings. The molecule has 0 aromatic heterocycles. The molecule has 0 aromatic carbocycles. The van der Waals surface area contributed by atoms with Crippen molar-refractivity contribution in [1.29, 1.82) is 0 Å². The molecular formula is C36H62NO10P. The summed E-state index contributed by atoms with van der Waals surface area (Å²) in [5.74, 6) is -2.42. The van der Waals surface area contributed by atoms with Crippen molar-refractivity contribution >= 4 is 25.7 Å². The lowest BCUT2D eigenvalue weighted by Gasteiger charge is -2.20. The van der Waals surface area contributed by atoms with E-state index in [0.29, 0.717) is 12.8 Å². The predicted molar refractivity (Wildman–Crippen MR) is 189 cm³/mol. The first kappa shape index (κ1) is 45.4. The molecule has 4 N–H and O–H groups in total. The van der Waals surface area contributed by atoms with Crippen LogP contribution in [0.5, 0.6) is 0 Å². The lowest BCUT2D eigenvalue weighted by atomic mass is 10.1. The number of esters is 2. The molecule has 0 radical (unpaired) electrons. The van der Waals surface area contributed by atoms with Gasteiger partial charge >= 0.3 is 25.7 Å². The number of unbranched alkanes of at least 4 members (excludes halogenated alkanes) is 13. The topological polar surface area (TPSA) is 172 Å². The molecule has 0 heterocycles. The summed E-state index contributed by atoms with van der Waals surface area (Å²) in [6.07, 6.45) is 31.9. The Morgan fingerprint density at radius 2 is 1.17 bits per heavy atom. The van der Waals surface area contributed by atoms with E-state index in [1.165, 1.54) is 32.1 Å². The normalized spacial score (nSPS) is 14.6. The minimum absolute atomic E-state index is 0.155. The van der Waals surface area contributed by atoms with E-state index in [0.717, 1.165) is 57.8 Å². The van der Waals surface area contributed by atoms with E-state index in [9.17, 15) is 23.8 Å². The summed E-state index contributed by atoms with van der Waals surface area (Å²) >= 11 is 0. The number of rotatable bonds is 32. The van der Waals surface area contributed by atoms with Gasteiger partial charge in [-0.1, -0.05) is 133 Å². The van der Waals surface area contributed by atoms with Crippen molar-refractivity contribution in [2.24, 2.45) is 5.73 Å². The molecule has 3 atom stereocenters. The average molecular weight is 700 g/mol. The molecule has 0 aliphatic carbocycles. The van der Waals surface area contributed by atoms with Gasteiger partial charge in [-0.05, 0) is 32.1 Å². The van der Waals surface area contributed by atoms with Gasteiger partial charge in [0, 0.05) is 12.8 Å². The van der Waals surface area contributed by atoms with Crippen molar-refractivity contribution in [2.45, 2.75) is 142 Å². The Morgan fingerprint density at radius 3 is 1.75 bits per heavy atom. The number of aliphatic carboxylic acids is 1. The Balaban J connectivity index is 4.50. The van der Waals surface area contributed by atoms with Crippen molar-refractivity contribution in [3.8, 4) is 0 Å². The number of hydrogen-bond donors (Lipinski definition) is 3. The number of hydrogen-bond acceptors (Lipinski definition) is 9. The SMILES string of the molecule is CC/C=C/C=C/C=C/C=C/CCCCCCCC(=O)OC[C@@H](COP(=O)(O)OC[C@@H](N)C(=O)O)OC(=O)CCCCCCCCCCC. The van der Waals surface area contributed by atoms with E-state index in [2.05, 4.69) is 30.5 Å². The summed E-state index contributed by atoms with van der Waals surface area (Å²) in [5, 5.41) is 8.83. The van der Waals surface area contributed by atoms with Gasteiger partial charge in [0.15, 0.2) is 6.10 Å². The maximum atomic E-state index is 12.5. The highest BCUT2D eigenvalue weighted by molar-refractivity contribution is 7.47. The van der Waals surface area contributed by atoms with Crippen LogP contribution < -0.4 is 5.73 Å². The third-order valence-corrected chi connectivity index (χ3v) is 8.14. The van der Waals surface area contributed by atoms with Crippen molar-refractivity contribution in [1.82, 2.24) is 0 Å². The second-order valence-corrected chi connectivity index (χ2v) is 13.2. The van der Waals surface area contributed by atoms with Crippen LogP contribution in [0.3, 0.4) is 0 Å². The molecule has 276 valence electrons. The van der Waals surface area contributed by atoms with E-state index in [-0.39, 0.29) is 19.4 Å². The summed E-state index contributed by atoms with van der Waals surface area (Å²) in [5.41, 5.74) is 5.30. The number of carboxylic acid groups (broad SMARTS) is 1. The first-order valence-corrected chi connectivity index (χ1v) is 19.2. The van der Waals surface area contributed by atoms with Gasteiger partial charge in [0.2, 0.25) is 0 Å². The standard InChI is InChI=1S/C36H62NO10P/c1-3-5-7-9-11-13-14-15-16-17-18-20-21-23-25-27-34(38)44-29-32(30-45-48(42,43)46-31-33(37)36(40)41)47-35(39)28-26-24-22-19-12-10-8-6-4-2/h5,7,9,11,13-16,32-33H,3-4,6,8,10,12,17-31,37H2,1-2H3,(H,40,41)(H,42,43)/b7-5+,11-9+,14-13+,16-15+/t32-,33+/m0/s1. The van der Waals surface area contributed by atoms with Crippen molar-refractivity contribution < 1.29 is 47.5 Å². The Bertz CT molecular complexity index is 1010. The minimum Gasteiger partial charge on any atom is -0.480 e. The molecule has 0 bridgehead atoms. The second-order valence-electron chi connectivity index (χ2n) is 11.7. The predicted octanol–water partition coefficient (Wildman–Crippen LogP) is 8.27. The monoisotopic (exact) mass is 699 g/mol. The van der Waals surface area contributed by atoms with E-state index in [1.54, 1.807) is 0 Å². The third kappa shape index (κ3) is 30.8. The third-order valence-electron chi connectivity index (χ3n) is 7.19. The Hall–Kier alpha value is -2.56. The number of nitrogens with two attached hydrogens (primary N) is 1. The molecule has 0 rings (SSSR count). The molecule has 1 unspecified atom stereocenters. The van der Waals surface area contributed by atoms with Crippen LogP contribution in [0, 0.1) is 0 Å². The Labute approximate surface area is 288 Å². The van der Waals surface area contributed by atoms with Crippen LogP contribution in [0.2, 0.25) is 0 Å². The summed E-state index contributed by atoms with van der Waals surface area (Å²) in [6.45, 7) is 2.57. The molecule has 48 heavy (non-hydrogen) atoms. The number of carbonyl (C=O) groups excluding carboxylic acids is 2. The zero-order valence-corrected chi connectivity index (χ0v) is 30.2. The van der Waals surface area contributed by atoms with Crippen LogP contribution in [0.25, 0.3) is 0 Å². The lowest BCUT2D eigenvalue weighted by Crippen LogP contribution is -2.34. The molecule has 0 fully saturated rings. The molecule has 0 aliphatic heterocycles. The van der Waals surface area contributed by atoms with Crippen LogP contribution in [0.4, 0.5) is 0 Å². The molecule has 0 saturated carbocycles. The fourth-order valence-electron chi connectivity index (χ4n) is 4.37. The number of allylic oxidation sites excluding steroid dienone is 8. The quantitative estimate of drug-likeness (QED) is 0.0267. The van der Waals surface area contributed by atoms with Crippen LogP contribution >= 0.6 is 7.82 Å². The molecule has 0 aromatic rings. The minimum atomic E-state index is -4.71. The molecule has 11 nitrogen and oxygen atoms in total. The van der Waals surface area contributed by atoms with Gasteiger partial charge in [-0.2, -0.15) is 0 Å². The van der Waals surface area contributed by atoms with Gasteiger partial charge in [-0.3, -0.25) is 23.4 Å². The first-order chi connectivity index (χ1) is 23.1. The van der Waals surface area contributed by atoms with Gasteiger partial charge in [-0.15, -0.1) is 0 Å². The van der Waals surface area contributed by atoms with Crippen LogP contribution in [-0.2, 0) is 37.5 Å². The van der Waals surface area contributed by atoms with Crippen molar-refractivity contribution in [2.75, 3.05) is 19.8 Å². The van der Waals surface area contributed by atoms with Gasteiger partial charge < -0.3 is 25.2 Å². The maximum Gasteiger partial charge on any atom is 0.472 e. The second kappa shape index (κ2) is 31.7. The zero-order valence-electron chi connectivity index (χ0n) is 29.3. The average Bonchev–Trinajstić information content (AvgIpc) is 3.05. The largest absolute Gasteiger partial charge is 0.480 e. The fourth-order valence-corrected chi connectivity index (χ4v) is 5.15. The highest BCUT2D eigenvalue weighted by Gasteiger charge is 2.28. The van der Waals surface area contributed by atoms with Crippen LogP contribution in [-0.4, -0.2) is 59.9 Å². The summed E-state index contributed by atoms with van der Waals surface area (Å²) < 4.78 is 32.4. The number of phosphoric acid groups is 1. The summed E-state index contributed by atoms with van der Waals surface area (Å²) in [7, 11) is -4.71. The smallest absolute Gasteiger partial charge is 0.472 e. The summed E-state index contributed by atoms with van der Waals surface area (Å²) in [4.78, 5) is 45.6. The zero-order chi connectivity index (χ0) is 35.7. The van der Waals surface area contributed by atoms with Crippen LogP contribution in [0.15, 0.2) is 48.6 Å². The lowest BCUT2D eigenvalue weighted by molar-refractivity contribution is -0.161. The highest BCUT2D eigenvalue weighted by Crippen LogP contribution is 2.43. The molecule has 0 amide bonds. The summed E-state index contributed by atoms with van der Waals surface area (Å²) in [6, 6.07) is -1.52. The number of phosphoric ester groups is 1. The maximum absolute atomic E-state index is 12.5. The van der Waals surface area contributed by atoms with Crippen LogP contribution in [0.1, 0.15) is 129 Å². The fraction of sp³-hybridized carbons (Fsp3) is 0.694. The number of carbonyl (C=O) groups is 3. The number of carboxylic acids is 1. The molecule has 0 spiro atoms. The van der Waals surface area contributed by atoms with Gasteiger partial charge in [0.05, 0.1) is 13.2 Å². The highest BCUT2D eigenvalue weighted by atomic mass is 31.2. The van der Waals surface area contributed by atoms with Crippen molar-refractivity contribution in [3.63, 3.8) is 0 Å². The van der Waals surface area contributed by atoms with Gasteiger partial charge in [-0.25, -0.2) is 4.57 Å². The Morgan fingerprint density at radius 1 is 0.667 bits per heavy atom.